The van der Waals surface area contributed by atoms with Crippen molar-refractivity contribution in [3.63, 3.8) is 0 Å². The van der Waals surface area contributed by atoms with E-state index < -0.39 is 0 Å². The highest BCUT2D eigenvalue weighted by Gasteiger charge is 2.09. The maximum Gasteiger partial charge on any atom is 0.327 e. The lowest BCUT2D eigenvalue weighted by atomic mass is 10.1. The third-order valence-corrected chi connectivity index (χ3v) is 4.63. The van der Waals surface area contributed by atoms with E-state index in [2.05, 4.69) is 37.3 Å². The Morgan fingerprint density at radius 2 is 1.89 bits per heavy atom. The van der Waals surface area contributed by atoms with Crippen LogP contribution in [0.5, 0.6) is 0 Å². The summed E-state index contributed by atoms with van der Waals surface area (Å²) in [6.45, 7) is 2.84. The van der Waals surface area contributed by atoms with Crippen LogP contribution >= 0.6 is 20.4 Å². The molecule has 0 saturated heterocycles. The Labute approximate surface area is 122 Å². The van der Waals surface area contributed by atoms with Gasteiger partial charge < -0.3 is 0 Å². The van der Waals surface area contributed by atoms with Gasteiger partial charge in [-0.3, -0.25) is 4.52 Å². The number of rotatable bonds is 11. The van der Waals surface area contributed by atoms with Gasteiger partial charge in [-0.25, -0.2) is 4.57 Å². The molecule has 4 heteroatoms. The lowest BCUT2D eigenvalue weighted by Gasteiger charge is -2.16. The van der Waals surface area contributed by atoms with Crippen LogP contribution < -0.4 is 0 Å². The second kappa shape index (κ2) is 11.5. The van der Waals surface area contributed by atoms with Crippen molar-refractivity contribution < 1.29 is 9.09 Å². The monoisotopic (exact) mass is 298 g/mol. The van der Waals surface area contributed by atoms with Crippen molar-refractivity contribution in [2.24, 2.45) is 0 Å². The molecule has 0 aromatic heterocycles. The quantitative estimate of drug-likeness (QED) is 0.296. The first-order chi connectivity index (χ1) is 9.36. The molecule has 19 heavy (non-hydrogen) atoms. The summed E-state index contributed by atoms with van der Waals surface area (Å²) in [5, 5.41) is 0.687. The van der Waals surface area contributed by atoms with E-state index in [9.17, 15) is 4.57 Å². The smallest absolute Gasteiger partial charge is 0.294 e. The molecule has 0 saturated carbocycles. The van der Waals surface area contributed by atoms with Crippen LogP contribution in [-0.4, -0.2) is 11.9 Å². The lowest BCUT2D eigenvalue weighted by Crippen LogP contribution is -2.03. The molecule has 0 aliphatic heterocycles. The van der Waals surface area contributed by atoms with Crippen molar-refractivity contribution in [1.29, 1.82) is 0 Å². The third-order valence-electron chi connectivity index (χ3n) is 2.99. The SMILES string of the molecule is CCCCC(CCCCOP=O)Sc1ccccc1. The van der Waals surface area contributed by atoms with Gasteiger partial charge in [0, 0.05) is 10.1 Å². The Balaban J connectivity index is 2.31. The van der Waals surface area contributed by atoms with Gasteiger partial charge in [-0.15, -0.1) is 11.8 Å². The van der Waals surface area contributed by atoms with Crippen LogP contribution in [0.3, 0.4) is 0 Å². The van der Waals surface area contributed by atoms with Crippen LogP contribution in [0.4, 0.5) is 0 Å². The normalized spacial score (nSPS) is 12.7. The molecule has 0 N–H and O–H groups in total. The van der Waals surface area contributed by atoms with Crippen LogP contribution in [0.1, 0.15) is 45.4 Å². The van der Waals surface area contributed by atoms with E-state index >= 15 is 0 Å². The molecule has 1 aromatic carbocycles. The zero-order valence-electron chi connectivity index (χ0n) is 11.6. The van der Waals surface area contributed by atoms with Crippen molar-refractivity contribution in [3.8, 4) is 0 Å². The van der Waals surface area contributed by atoms with Crippen LogP contribution in [0.25, 0.3) is 0 Å². The number of unbranched alkanes of at least 4 members (excludes halogenated alkanes) is 2. The summed E-state index contributed by atoms with van der Waals surface area (Å²) in [5.74, 6) is 0. The second-order valence-electron chi connectivity index (χ2n) is 4.60. The first-order valence-electron chi connectivity index (χ1n) is 7.03. The van der Waals surface area contributed by atoms with Crippen molar-refractivity contribution in [1.82, 2.24) is 0 Å². The van der Waals surface area contributed by atoms with Crippen LogP contribution in [0.15, 0.2) is 35.2 Å². The molecular formula is C15H23O2PS. The summed E-state index contributed by atoms with van der Waals surface area (Å²) in [5.41, 5.74) is 0. The van der Waals surface area contributed by atoms with Gasteiger partial charge >= 0.3 is 8.69 Å². The summed E-state index contributed by atoms with van der Waals surface area (Å²) in [4.78, 5) is 1.36. The summed E-state index contributed by atoms with van der Waals surface area (Å²) in [6, 6.07) is 10.6. The molecule has 2 nitrogen and oxygen atoms in total. The van der Waals surface area contributed by atoms with E-state index in [1.165, 1.54) is 30.6 Å². The minimum Gasteiger partial charge on any atom is -0.294 e. The summed E-state index contributed by atoms with van der Waals surface area (Å²) in [7, 11) is -0.196. The molecule has 0 aliphatic rings. The van der Waals surface area contributed by atoms with Gasteiger partial charge in [0.2, 0.25) is 0 Å². The largest absolute Gasteiger partial charge is 0.327 e. The van der Waals surface area contributed by atoms with E-state index in [-0.39, 0.29) is 8.69 Å². The predicted octanol–water partition coefficient (Wildman–Crippen LogP) is 5.73. The van der Waals surface area contributed by atoms with Gasteiger partial charge in [0.15, 0.2) is 0 Å². The lowest BCUT2D eigenvalue weighted by molar-refractivity contribution is 0.328. The van der Waals surface area contributed by atoms with E-state index in [4.69, 9.17) is 4.52 Å². The van der Waals surface area contributed by atoms with Crippen molar-refractivity contribution in [3.05, 3.63) is 30.3 Å². The summed E-state index contributed by atoms with van der Waals surface area (Å²) < 4.78 is 15.0. The zero-order chi connectivity index (χ0) is 13.8. The van der Waals surface area contributed by atoms with Crippen LogP contribution in [0.2, 0.25) is 0 Å². The molecule has 0 heterocycles. The standard InChI is InChI=1S/C15H23O2PS/c1-2-3-9-14(12-7-8-13-17-18-16)19-15-10-5-4-6-11-15/h4-6,10-11,14H,2-3,7-9,12-13H2,1H3. The fourth-order valence-corrected chi connectivity index (χ4v) is 3.43. The first kappa shape index (κ1) is 16.7. The Morgan fingerprint density at radius 1 is 1.16 bits per heavy atom. The number of benzene rings is 1. The first-order valence-corrected chi connectivity index (χ1v) is 8.64. The molecule has 0 bridgehead atoms. The summed E-state index contributed by atoms with van der Waals surface area (Å²) >= 11 is 1.99. The van der Waals surface area contributed by atoms with Crippen molar-refractivity contribution >= 4 is 20.4 Å². The molecule has 0 amide bonds. The fourth-order valence-electron chi connectivity index (χ4n) is 1.96. The van der Waals surface area contributed by atoms with Gasteiger partial charge in [0.05, 0.1) is 6.61 Å². The highest BCUT2D eigenvalue weighted by atomic mass is 32.2. The summed E-state index contributed by atoms with van der Waals surface area (Å²) in [6.07, 6.45) is 7.16. The van der Waals surface area contributed by atoms with E-state index in [1.54, 1.807) is 0 Å². The zero-order valence-corrected chi connectivity index (χ0v) is 13.3. The Morgan fingerprint density at radius 3 is 2.58 bits per heavy atom. The minimum atomic E-state index is -0.196. The average molecular weight is 298 g/mol. The van der Waals surface area contributed by atoms with Crippen LogP contribution in [-0.2, 0) is 9.09 Å². The second-order valence-corrected chi connectivity index (χ2v) is 6.38. The van der Waals surface area contributed by atoms with E-state index in [0.29, 0.717) is 11.9 Å². The van der Waals surface area contributed by atoms with Gasteiger partial charge in [-0.05, 0) is 31.4 Å². The number of hydrogen-bond acceptors (Lipinski definition) is 3. The van der Waals surface area contributed by atoms with Gasteiger partial charge in [-0.1, -0.05) is 44.4 Å². The predicted molar refractivity (Wildman–Crippen MR) is 83.0 cm³/mol. The number of hydrogen-bond donors (Lipinski definition) is 0. The molecule has 1 unspecified atom stereocenters. The highest BCUT2D eigenvalue weighted by Crippen LogP contribution is 2.29. The van der Waals surface area contributed by atoms with Crippen molar-refractivity contribution in [2.45, 2.75) is 55.6 Å². The highest BCUT2D eigenvalue weighted by molar-refractivity contribution is 8.00. The van der Waals surface area contributed by atoms with E-state index in [1.807, 2.05) is 11.8 Å². The Bertz CT molecular complexity index is 332. The molecule has 0 fully saturated rings. The Kier molecular flexibility index (Phi) is 10.1. The van der Waals surface area contributed by atoms with Crippen molar-refractivity contribution in [2.75, 3.05) is 6.61 Å². The van der Waals surface area contributed by atoms with Gasteiger partial charge in [0.1, 0.15) is 0 Å². The fraction of sp³-hybridized carbons (Fsp3) is 0.600. The van der Waals surface area contributed by atoms with Crippen LogP contribution in [0, 0.1) is 0 Å². The molecule has 1 rings (SSSR count). The molecule has 106 valence electrons. The molecule has 0 spiro atoms. The molecule has 0 radical (unpaired) electrons. The maximum absolute atomic E-state index is 10.2. The number of thioether (sulfide) groups is 1. The van der Waals surface area contributed by atoms with E-state index in [0.717, 1.165) is 12.8 Å². The average Bonchev–Trinajstić information content (AvgIpc) is 2.45. The molecule has 1 aromatic rings. The molecule has 1 atom stereocenters. The molecular weight excluding hydrogens is 275 g/mol. The van der Waals surface area contributed by atoms with Gasteiger partial charge in [-0.2, -0.15) is 0 Å². The van der Waals surface area contributed by atoms with Gasteiger partial charge in [0.25, 0.3) is 0 Å². The minimum absolute atomic E-state index is 0.196. The molecule has 0 aliphatic carbocycles. The topological polar surface area (TPSA) is 26.3 Å². The third kappa shape index (κ3) is 8.41. The Hall–Kier alpha value is -0.370. The maximum atomic E-state index is 10.2.